The quantitative estimate of drug-likeness (QED) is 0.751. The predicted molar refractivity (Wildman–Crippen MR) is 65.0 cm³/mol. The van der Waals surface area contributed by atoms with Crippen molar-refractivity contribution in [2.45, 2.75) is 6.92 Å². The number of thiazole rings is 1. The third kappa shape index (κ3) is 2.00. The second-order valence-electron chi connectivity index (χ2n) is 2.96. The zero-order valence-electron chi connectivity index (χ0n) is 7.42. The van der Waals surface area contributed by atoms with Gasteiger partial charge in [-0.1, -0.05) is 23.2 Å². The standard InChI is InChI=1S/C10H7BrClNS/c1-6-2-3-8(12)7(4-6)10-13-9(11)5-14-10/h2-5H,1H3. The summed E-state index contributed by atoms with van der Waals surface area (Å²) in [5, 5.41) is 3.65. The molecule has 0 fully saturated rings. The molecule has 0 spiro atoms. The highest BCUT2D eigenvalue weighted by atomic mass is 79.9. The van der Waals surface area contributed by atoms with Crippen LogP contribution in [0.4, 0.5) is 0 Å². The summed E-state index contributed by atoms with van der Waals surface area (Å²) in [4.78, 5) is 4.33. The van der Waals surface area contributed by atoms with E-state index in [-0.39, 0.29) is 0 Å². The highest BCUT2D eigenvalue weighted by Crippen LogP contribution is 2.32. The minimum Gasteiger partial charge on any atom is -0.229 e. The molecule has 4 heteroatoms. The molecule has 1 aromatic carbocycles. The largest absolute Gasteiger partial charge is 0.229 e. The molecule has 0 N–H and O–H groups in total. The number of rotatable bonds is 1. The van der Waals surface area contributed by atoms with Gasteiger partial charge in [0.25, 0.3) is 0 Å². The second kappa shape index (κ2) is 4.01. The Balaban J connectivity index is 2.55. The maximum Gasteiger partial charge on any atom is 0.126 e. The summed E-state index contributed by atoms with van der Waals surface area (Å²) in [5.74, 6) is 0. The average molecular weight is 289 g/mol. The summed E-state index contributed by atoms with van der Waals surface area (Å²) in [5.41, 5.74) is 2.19. The lowest BCUT2D eigenvalue weighted by molar-refractivity contribution is 1.35. The summed E-state index contributed by atoms with van der Waals surface area (Å²) in [7, 11) is 0. The molecule has 72 valence electrons. The molecule has 2 aromatic rings. The number of hydrogen-bond acceptors (Lipinski definition) is 2. The van der Waals surface area contributed by atoms with Gasteiger partial charge in [-0.15, -0.1) is 11.3 Å². The van der Waals surface area contributed by atoms with Gasteiger partial charge in [0.1, 0.15) is 9.61 Å². The molecule has 0 bridgehead atoms. The Morgan fingerprint density at radius 2 is 2.21 bits per heavy atom. The first-order valence-corrected chi connectivity index (χ1v) is 6.09. The summed E-state index contributed by atoms with van der Waals surface area (Å²) < 4.78 is 0.857. The van der Waals surface area contributed by atoms with Crippen molar-refractivity contribution in [1.82, 2.24) is 4.98 Å². The van der Waals surface area contributed by atoms with Crippen LogP contribution in [0.1, 0.15) is 5.56 Å². The van der Waals surface area contributed by atoms with E-state index in [9.17, 15) is 0 Å². The van der Waals surface area contributed by atoms with Gasteiger partial charge in [-0.2, -0.15) is 0 Å². The van der Waals surface area contributed by atoms with Crippen molar-refractivity contribution in [1.29, 1.82) is 0 Å². The van der Waals surface area contributed by atoms with Gasteiger partial charge in [0.05, 0.1) is 5.02 Å². The van der Waals surface area contributed by atoms with Crippen molar-refractivity contribution in [2.75, 3.05) is 0 Å². The first-order valence-electron chi connectivity index (χ1n) is 4.04. The number of halogens is 2. The second-order valence-corrected chi connectivity index (χ2v) is 5.04. The molecule has 0 atom stereocenters. The monoisotopic (exact) mass is 287 g/mol. The van der Waals surface area contributed by atoms with Gasteiger partial charge in [0, 0.05) is 10.9 Å². The van der Waals surface area contributed by atoms with Crippen LogP contribution in [0.25, 0.3) is 10.6 Å². The van der Waals surface area contributed by atoms with E-state index < -0.39 is 0 Å². The van der Waals surface area contributed by atoms with Gasteiger partial charge in [0.2, 0.25) is 0 Å². The minimum atomic E-state index is 0.748. The lowest BCUT2D eigenvalue weighted by Gasteiger charge is -2.01. The molecule has 0 amide bonds. The zero-order valence-corrected chi connectivity index (χ0v) is 10.6. The Labute approximate surface area is 99.9 Å². The molecule has 0 saturated carbocycles. The van der Waals surface area contributed by atoms with Crippen LogP contribution in [-0.4, -0.2) is 4.98 Å². The SMILES string of the molecule is Cc1ccc(Cl)c(-c2nc(Br)cs2)c1. The first kappa shape index (κ1) is 10.1. The maximum atomic E-state index is 6.09. The van der Waals surface area contributed by atoms with Crippen molar-refractivity contribution >= 4 is 38.9 Å². The van der Waals surface area contributed by atoms with Gasteiger partial charge in [-0.05, 0) is 35.0 Å². The third-order valence-electron chi connectivity index (χ3n) is 1.83. The lowest BCUT2D eigenvalue weighted by Crippen LogP contribution is -1.80. The molecule has 1 nitrogen and oxygen atoms in total. The van der Waals surface area contributed by atoms with E-state index in [0.717, 1.165) is 20.2 Å². The zero-order chi connectivity index (χ0) is 10.1. The molecule has 0 saturated heterocycles. The number of aryl methyl sites for hydroxylation is 1. The molecular formula is C10H7BrClNS. The number of benzene rings is 1. The fourth-order valence-corrected chi connectivity index (χ4v) is 2.73. The van der Waals surface area contributed by atoms with Crippen LogP contribution >= 0.6 is 38.9 Å². The first-order chi connectivity index (χ1) is 6.66. The fourth-order valence-electron chi connectivity index (χ4n) is 1.18. The van der Waals surface area contributed by atoms with E-state index in [2.05, 4.69) is 20.9 Å². The van der Waals surface area contributed by atoms with Gasteiger partial charge in [-0.25, -0.2) is 4.98 Å². The van der Waals surface area contributed by atoms with Crippen molar-refractivity contribution in [2.24, 2.45) is 0 Å². The summed E-state index contributed by atoms with van der Waals surface area (Å²) in [6, 6.07) is 5.95. The maximum absolute atomic E-state index is 6.09. The molecule has 14 heavy (non-hydrogen) atoms. The van der Waals surface area contributed by atoms with Crippen LogP contribution in [0.3, 0.4) is 0 Å². The Morgan fingerprint density at radius 1 is 1.43 bits per heavy atom. The summed E-state index contributed by atoms with van der Waals surface area (Å²) >= 11 is 11.0. The van der Waals surface area contributed by atoms with Crippen LogP contribution in [0, 0.1) is 6.92 Å². The Hall–Kier alpha value is -0.380. The number of aromatic nitrogens is 1. The van der Waals surface area contributed by atoms with Crippen LogP contribution in [0.15, 0.2) is 28.2 Å². The molecule has 1 aromatic heterocycles. The highest BCUT2D eigenvalue weighted by Gasteiger charge is 2.07. The van der Waals surface area contributed by atoms with Gasteiger partial charge >= 0.3 is 0 Å². The molecule has 0 radical (unpaired) electrons. The lowest BCUT2D eigenvalue weighted by atomic mass is 10.1. The molecule has 0 aliphatic carbocycles. The van der Waals surface area contributed by atoms with E-state index >= 15 is 0 Å². The predicted octanol–water partition coefficient (Wildman–Crippen LogP) is 4.53. The van der Waals surface area contributed by atoms with Gasteiger partial charge < -0.3 is 0 Å². The van der Waals surface area contributed by atoms with E-state index in [1.54, 1.807) is 11.3 Å². The Bertz CT molecular complexity index is 467. The van der Waals surface area contributed by atoms with Crippen molar-refractivity contribution in [3.8, 4) is 10.6 Å². The third-order valence-corrected chi connectivity index (χ3v) is 3.74. The Morgan fingerprint density at radius 3 is 2.86 bits per heavy atom. The highest BCUT2D eigenvalue weighted by molar-refractivity contribution is 9.10. The van der Waals surface area contributed by atoms with Crippen LogP contribution in [-0.2, 0) is 0 Å². The van der Waals surface area contributed by atoms with Gasteiger partial charge in [-0.3, -0.25) is 0 Å². The molecule has 0 aliphatic rings. The smallest absolute Gasteiger partial charge is 0.126 e. The molecule has 0 aliphatic heterocycles. The van der Waals surface area contributed by atoms with Crippen molar-refractivity contribution < 1.29 is 0 Å². The van der Waals surface area contributed by atoms with Crippen LogP contribution < -0.4 is 0 Å². The molecule has 1 heterocycles. The van der Waals surface area contributed by atoms with E-state index in [0.29, 0.717) is 0 Å². The van der Waals surface area contributed by atoms with Crippen LogP contribution in [0.2, 0.25) is 5.02 Å². The van der Waals surface area contributed by atoms with Crippen molar-refractivity contribution in [3.05, 3.63) is 38.8 Å². The van der Waals surface area contributed by atoms with Crippen molar-refractivity contribution in [3.63, 3.8) is 0 Å². The normalized spacial score (nSPS) is 10.5. The molecule has 2 rings (SSSR count). The van der Waals surface area contributed by atoms with E-state index in [1.807, 2.05) is 30.5 Å². The van der Waals surface area contributed by atoms with E-state index in [1.165, 1.54) is 5.56 Å². The fraction of sp³-hybridized carbons (Fsp3) is 0.100. The number of hydrogen-bond donors (Lipinski definition) is 0. The van der Waals surface area contributed by atoms with Gasteiger partial charge in [0.15, 0.2) is 0 Å². The summed E-state index contributed by atoms with van der Waals surface area (Å²) in [6.45, 7) is 2.04. The van der Waals surface area contributed by atoms with Crippen LogP contribution in [0.5, 0.6) is 0 Å². The summed E-state index contributed by atoms with van der Waals surface area (Å²) in [6.07, 6.45) is 0. The molecular weight excluding hydrogens is 282 g/mol. The Kier molecular flexibility index (Phi) is 2.91. The topological polar surface area (TPSA) is 12.9 Å². The average Bonchev–Trinajstić information content (AvgIpc) is 2.56. The number of nitrogens with zero attached hydrogens (tertiary/aromatic N) is 1. The molecule has 0 unspecified atom stereocenters. The van der Waals surface area contributed by atoms with E-state index in [4.69, 9.17) is 11.6 Å². The minimum absolute atomic E-state index is 0.748.